The number of halogens is 1. The van der Waals surface area contributed by atoms with Crippen molar-refractivity contribution in [1.29, 1.82) is 0 Å². The van der Waals surface area contributed by atoms with E-state index in [9.17, 15) is 9.18 Å². The topological polar surface area (TPSA) is 52.3 Å². The summed E-state index contributed by atoms with van der Waals surface area (Å²) in [6.07, 6.45) is 0.630. The van der Waals surface area contributed by atoms with Gasteiger partial charge in [0, 0.05) is 11.1 Å². The van der Waals surface area contributed by atoms with Gasteiger partial charge in [0.15, 0.2) is 11.6 Å². The Morgan fingerprint density at radius 2 is 2.33 bits per heavy atom. The molecule has 0 aliphatic carbocycles. The molecular formula is C11H12FNO2. The van der Waals surface area contributed by atoms with E-state index in [2.05, 4.69) is 0 Å². The van der Waals surface area contributed by atoms with Crippen molar-refractivity contribution >= 4 is 5.91 Å². The molecule has 1 aliphatic heterocycles. The van der Waals surface area contributed by atoms with Gasteiger partial charge in [0.2, 0.25) is 5.91 Å². The average molecular weight is 209 g/mol. The molecular weight excluding hydrogens is 197 g/mol. The van der Waals surface area contributed by atoms with Gasteiger partial charge in [0.1, 0.15) is 0 Å². The summed E-state index contributed by atoms with van der Waals surface area (Å²) in [7, 11) is 0. The van der Waals surface area contributed by atoms with Crippen LogP contribution in [0.25, 0.3) is 0 Å². The smallest absolute Gasteiger partial charge is 0.249 e. The molecule has 0 fully saturated rings. The van der Waals surface area contributed by atoms with Crippen LogP contribution in [0.2, 0.25) is 0 Å². The zero-order valence-corrected chi connectivity index (χ0v) is 8.42. The van der Waals surface area contributed by atoms with Gasteiger partial charge in [-0.2, -0.15) is 0 Å². The summed E-state index contributed by atoms with van der Waals surface area (Å²) in [6, 6.07) is 2.63. The van der Waals surface area contributed by atoms with Crippen molar-refractivity contribution in [1.82, 2.24) is 0 Å². The Kier molecular flexibility index (Phi) is 2.34. The van der Waals surface area contributed by atoms with Gasteiger partial charge in [-0.1, -0.05) is 6.92 Å². The summed E-state index contributed by atoms with van der Waals surface area (Å²) in [5.41, 5.74) is 6.17. The Hall–Kier alpha value is -1.58. The van der Waals surface area contributed by atoms with E-state index in [1.165, 1.54) is 12.1 Å². The third-order valence-corrected chi connectivity index (χ3v) is 2.54. The Balaban J connectivity index is 2.56. The van der Waals surface area contributed by atoms with Crippen LogP contribution in [0.5, 0.6) is 5.75 Å². The van der Waals surface area contributed by atoms with Gasteiger partial charge in [-0.05, 0) is 24.5 Å². The Bertz CT molecular complexity index is 417. The number of hydrogen-bond acceptors (Lipinski definition) is 2. The maximum atomic E-state index is 13.4. The number of hydrogen-bond donors (Lipinski definition) is 1. The summed E-state index contributed by atoms with van der Waals surface area (Å²) in [5, 5.41) is 0. The molecule has 0 saturated heterocycles. The SMILES string of the molecule is CC1COc2c(F)ccc(C(N)=O)c2C1. The van der Waals surface area contributed by atoms with Crippen LogP contribution in [0.15, 0.2) is 12.1 Å². The van der Waals surface area contributed by atoms with Crippen molar-refractivity contribution in [3.8, 4) is 5.75 Å². The van der Waals surface area contributed by atoms with Gasteiger partial charge in [-0.3, -0.25) is 4.79 Å². The number of benzene rings is 1. The Morgan fingerprint density at radius 3 is 3.00 bits per heavy atom. The van der Waals surface area contributed by atoms with Gasteiger partial charge >= 0.3 is 0 Å². The largest absolute Gasteiger partial charge is 0.490 e. The molecule has 0 saturated carbocycles. The predicted octanol–water partition coefficient (Wildman–Crippen LogP) is 1.50. The molecule has 2 rings (SSSR count). The number of carbonyl (C=O) groups excluding carboxylic acids is 1. The van der Waals surface area contributed by atoms with E-state index in [4.69, 9.17) is 10.5 Å². The molecule has 1 aromatic rings. The molecule has 80 valence electrons. The third-order valence-electron chi connectivity index (χ3n) is 2.54. The molecule has 1 atom stereocenters. The van der Waals surface area contributed by atoms with E-state index in [0.717, 1.165) is 0 Å². The molecule has 1 aliphatic rings. The fraction of sp³-hybridized carbons (Fsp3) is 0.364. The van der Waals surface area contributed by atoms with Crippen LogP contribution < -0.4 is 10.5 Å². The monoisotopic (exact) mass is 209 g/mol. The molecule has 1 amide bonds. The van der Waals surface area contributed by atoms with Crippen LogP contribution in [-0.4, -0.2) is 12.5 Å². The highest BCUT2D eigenvalue weighted by molar-refractivity contribution is 5.95. The van der Waals surface area contributed by atoms with Crippen molar-refractivity contribution in [2.75, 3.05) is 6.61 Å². The average Bonchev–Trinajstić information content (AvgIpc) is 2.17. The van der Waals surface area contributed by atoms with E-state index in [1.807, 2.05) is 6.92 Å². The van der Waals surface area contributed by atoms with E-state index in [1.54, 1.807) is 0 Å². The lowest BCUT2D eigenvalue weighted by atomic mass is 9.93. The first-order valence-electron chi connectivity index (χ1n) is 4.83. The lowest BCUT2D eigenvalue weighted by Crippen LogP contribution is -2.23. The van der Waals surface area contributed by atoms with Gasteiger partial charge in [-0.15, -0.1) is 0 Å². The predicted molar refractivity (Wildman–Crippen MR) is 53.3 cm³/mol. The second-order valence-electron chi connectivity index (χ2n) is 3.89. The van der Waals surface area contributed by atoms with Crippen molar-refractivity contribution in [3.05, 3.63) is 29.1 Å². The van der Waals surface area contributed by atoms with Crippen LogP contribution in [-0.2, 0) is 6.42 Å². The molecule has 0 radical (unpaired) electrons. The molecule has 15 heavy (non-hydrogen) atoms. The van der Waals surface area contributed by atoms with Crippen molar-refractivity contribution in [2.45, 2.75) is 13.3 Å². The first kappa shape index (κ1) is 9.96. The molecule has 0 aromatic heterocycles. The van der Waals surface area contributed by atoms with E-state index < -0.39 is 11.7 Å². The molecule has 0 spiro atoms. The fourth-order valence-corrected chi connectivity index (χ4v) is 1.82. The number of fused-ring (bicyclic) bond motifs is 1. The van der Waals surface area contributed by atoms with E-state index >= 15 is 0 Å². The second kappa shape index (κ2) is 3.53. The summed E-state index contributed by atoms with van der Waals surface area (Å²) in [5.74, 6) is -0.507. The number of amides is 1. The minimum absolute atomic E-state index is 0.185. The standard InChI is InChI=1S/C11H12FNO2/c1-6-4-8-7(11(13)14)2-3-9(12)10(8)15-5-6/h2-3,6H,4-5H2,1H3,(H2,13,14). The summed E-state index contributed by atoms with van der Waals surface area (Å²) >= 11 is 0. The number of nitrogens with two attached hydrogens (primary N) is 1. The number of primary amides is 1. The van der Waals surface area contributed by atoms with Crippen molar-refractivity contribution in [3.63, 3.8) is 0 Å². The number of carbonyl (C=O) groups is 1. The minimum atomic E-state index is -0.538. The van der Waals surface area contributed by atoms with Gasteiger partial charge in [0.25, 0.3) is 0 Å². The van der Waals surface area contributed by atoms with Crippen LogP contribution >= 0.6 is 0 Å². The normalized spacial score (nSPS) is 19.2. The molecule has 0 bridgehead atoms. The minimum Gasteiger partial charge on any atom is -0.490 e. The highest BCUT2D eigenvalue weighted by Gasteiger charge is 2.24. The summed E-state index contributed by atoms with van der Waals surface area (Å²) < 4.78 is 18.6. The molecule has 1 heterocycles. The quantitative estimate of drug-likeness (QED) is 0.761. The van der Waals surface area contributed by atoms with Gasteiger partial charge in [-0.25, -0.2) is 4.39 Å². The van der Waals surface area contributed by atoms with E-state index in [0.29, 0.717) is 24.2 Å². The molecule has 1 unspecified atom stereocenters. The van der Waals surface area contributed by atoms with E-state index in [-0.39, 0.29) is 11.7 Å². The molecule has 1 aromatic carbocycles. The maximum absolute atomic E-state index is 13.4. The Labute approximate surface area is 87.0 Å². The first-order chi connectivity index (χ1) is 7.09. The number of rotatable bonds is 1. The lowest BCUT2D eigenvalue weighted by Gasteiger charge is -2.24. The molecule has 3 nitrogen and oxygen atoms in total. The van der Waals surface area contributed by atoms with Crippen LogP contribution in [0, 0.1) is 11.7 Å². The zero-order chi connectivity index (χ0) is 11.0. The van der Waals surface area contributed by atoms with Crippen LogP contribution in [0.4, 0.5) is 4.39 Å². The zero-order valence-electron chi connectivity index (χ0n) is 8.42. The lowest BCUT2D eigenvalue weighted by molar-refractivity contribution is 0.0997. The van der Waals surface area contributed by atoms with Crippen molar-refractivity contribution < 1.29 is 13.9 Å². The number of ether oxygens (including phenoxy) is 1. The van der Waals surface area contributed by atoms with Crippen LogP contribution in [0.1, 0.15) is 22.8 Å². The highest BCUT2D eigenvalue weighted by atomic mass is 19.1. The Morgan fingerprint density at radius 1 is 1.60 bits per heavy atom. The molecule has 4 heteroatoms. The van der Waals surface area contributed by atoms with Crippen LogP contribution in [0.3, 0.4) is 0 Å². The van der Waals surface area contributed by atoms with Gasteiger partial charge < -0.3 is 10.5 Å². The van der Waals surface area contributed by atoms with Crippen molar-refractivity contribution in [2.24, 2.45) is 11.7 Å². The van der Waals surface area contributed by atoms with Gasteiger partial charge in [0.05, 0.1) is 6.61 Å². The second-order valence-corrected chi connectivity index (χ2v) is 3.89. The summed E-state index contributed by atoms with van der Waals surface area (Å²) in [4.78, 5) is 11.1. The first-order valence-corrected chi connectivity index (χ1v) is 4.83. The maximum Gasteiger partial charge on any atom is 0.249 e. The molecule has 2 N–H and O–H groups in total. The highest BCUT2D eigenvalue weighted by Crippen LogP contribution is 2.32. The fourth-order valence-electron chi connectivity index (χ4n) is 1.82. The third kappa shape index (κ3) is 1.67. The summed E-state index contributed by atoms with van der Waals surface area (Å²) in [6.45, 7) is 2.46.